The Morgan fingerprint density at radius 2 is 1.53 bits per heavy atom. The van der Waals surface area contributed by atoms with Gasteiger partial charge in [-0.2, -0.15) is 0 Å². The minimum absolute atomic E-state index is 0.0863. The molecule has 0 fully saturated rings. The molecule has 1 heteroatoms. The van der Waals surface area contributed by atoms with Crippen LogP contribution >= 0.6 is 0 Å². The van der Waals surface area contributed by atoms with Crippen LogP contribution in [0.5, 0.6) is 0 Å². The van der Waals surface area contributed by atoms with E-state index in [1.807, 2.05) is 63.2 Å². The second-order valence-electron chi connectivity index (χ2n) is 4.68. The Morgan fingerprint density at radius 1 is 0.882 bits per heavy atom. The summed E-state index contributed by atoms with van der Waals surface area (Å²) in [5, 5.41) is 0. The second-order valence-corrected chi connectivity index (χ2v) is 4.68. The lowest BCUT2D eigenvalue weighted by molar-refractivity contribution is 0.601. The van der Waals surface area contributed by atoms with Crippen LogP contribution in [0.2, 0.25) is 0 Å². The molecule has 0 bridgehead atoms. The van der Waals surface area contributed by atoms with E-state index in [0.29, 0.717) is 5.56 Å². The van der Waals surface area contributed by atoms with Crippen molar-refractivity contribution in [1.82, 2.24) is 0 Å². The van der Waals surface area contributed by atoms with Crippen molar-refractivity contribution in [3.8, 4) is 11.1 Å². The molecule has 88 valence electrons. The van der Waals surface area contributed by atoms with Gasteiger partial charge in [-0.05, 0) is 29.5 Å². The molecule has 0 saturated carbocycles. The highest BCUT2D eigenvalue weighted by molar-refractivity contribution is 5.68. The Morgan fingerprint density at radius 3 is 2.18 bits per heavy atom. The van der Waals surface area contributed by atoms with Crippen LogP contribution in [0.3, 0.4) is 0 Å². The fraction of sp³-hybridized carbons (Fsp3) is 0.250. The normalized spacial score (nSPS) is 10.9. The first-order valence-electron chi connectivity index (χ1n) is 5.95. The van der Waals surface area contributed by atoms with Gasteiger partial charge in [0.2, 0.25) is 0 Å². The zero-order valence-corrected chi connectivity index (χ0v) is 10.5. The molecule has 0 heterocycles. The molecule has 0 aliphatic rings. The molecule has 2 rings (SSSR count). The molecule has 0 atom stereocenters. The summed E-state index contributed by atoms with van der Waals surface area (Å²) in [6.45, 7) is 6.04. The predicted octanol–water partition coefficient (Wildman–Crippen LogP) is 4.92. The molecule has 0 amide bonds. The molecule has 0 aliphatic heterocycles. The topological polar surface area (TPSA) is 0 Å². The van der Waals surface area contributed by atoms with Gasteiger partial charge in [-0.25, -0.2) is 4.39 Å². The first kappa shape index (κ1) is 11.8. The van der Waals surface area contributed by atoms with E-state index in [4.69, 9.17) is 0 Å². The van der Waals surface area contributed by atoms with Crippen molar-refractivity contribution in [3.63, 3.8) is 0 Å². The molecule has 2 aromatic carbocycles. The number of rotatable bonds is 2. The van der Waals surface area contributed by atoms with Gasteiger partial charge in [0.1, 0.15) is 5.82 Å². The average Bonchev–Trinajstić information content (AvgIpc) is 2.30. The van der Waals surface area contributed by atoms with E-state index in [2.05, 4.69) is 0 Å². The highest BCUT2D eigenvalue weighted by atomic mass is 19.1. The van der Waals surface area contributed by atoms with Gasteiger partial charge in [0, 0.05) is 5.56 Å². The van der Waals surface area contributed by atoms with E-state index in [1.165, 1.54) is 0 Å². The highest BCUT2D eigenvalue weighted by Gasteiger charge is 2.12. The quantitative estimate of drug-likeness (QED) is 0.684. The second kappa shape index (κ2) is 4.70. The lowest BCUT2D eigenvalue weighted by Crippen LogP contribution is -1.96. The van der Waals surface area contributed by atoms with Crippen LogP contribution in [0.15, 0.2) is 42.5 Å². The zero-order chi connectivity index (χ0) is 12.4. The van der Waals surface area contributed by atoms with E-state index in [-0.39, 0.29) is 11.7 Å². The van der Waals surface area contributed by atoms with Crippen LogP contribution in [0.1, 0.15) is 30.9 Å². The summed E-state index contributed by atoms with van der Waals surface area (Å²) >= 11 is 0. The van der Waals surface area contributed by atoms with E-state index in [1.54, 1.807) is 0 Å². The Kier molecular flexibility index (Phi) is 3.28. The molecule has 17 heavy (non-hydrogen) atoms. The van der Waals surface area contributed by atoms with Crippen molar-refractivity contribution in [3.05, 3.63) is 59.4 Å². The van der Waals surface area contributed by atoms with Gasteiger partial charge < -0.3 is 0 Å². The molecule has 2 aromatic rings. The van der Waals surface area contributed by atoms with Crippen molar-refractivity contribution < 1.29 is 4.39 Å². The largest absolute Gasteiger partial charge is 0.206 e. The van der Waals surface area contributed by atoms with E-state index in [9.17, 15) is 4.39 Å². The Bertz CT molecular complexity index is 527. The molecule has 0 unspecified atom stereocenters. The fourth-order valence-electron chi connectivity index (χ4n) is 2.08. The van der Waals surface area contributed by atoms with Crippen molar-refractivity contribution in [2.45, 2.75) is 26.7 Å². The summed E-state index contributed by atoms with van der Waals surface area (Å²) in [5.74, 6) is 0.121. The number of halogens is 1. The zero-order valence-electron chi connectivity index (χ0n) is 10.5. The van der Waals surface area contributed by atoms with Gasteiger partial charge in [-0.1, -0.05) is 56.3 Å². The maximum atomic E-state index is 14.4. The summed E-state index contributed by atoms with van der Waals surface area (Å²) in [5.41, 5.74) is 3.57. The van der Waals surface area contributed by atoms with Gasteiger partial charge in [-0.15, -0.1) is 0 Å². The first-order chi connectivity index (χ1) is 8.11. The molecule has 0 aliphatic carbocycles. The minimum Gasteiger partial charge on any atom is -0.206 e. The van der Waals surface area contributed by atoms with Crippen LogP contribution in [-0.2, 0) is 0 Å². The third kappa shape index (κ3) is 2.23. The third-order valence-electron chi connectivity index (χ3n) is 3.09. The summed E-state index contributed by atoms with van der Waals surface area (Å²) < 4.78 is 14.4. The molecule has 0 N–H and O–H groups in total. The SMILES string of the molecule is Cc1ccccc1-c1cccc(C(C)C)c1F. The Hall–Kier alpha value is -1.63. The fourth-order valence-corrected chi connectivity index (χ4v) is 2.08. The monoisotopic (exact) mass is 228 g/mol. The van der Waals surface area contributed by atoms with Gasteiger partial charge in [0.15, 0.2) is 0 Å². The van der Waals surface area contributed by atoms with Crippen LogP contribution in [0, 0.1) is 12.7 Å². The van der Waals surface area contributed by atoms with E-state index >= 15 is 0 Å². The summed E-state index contributed by atoms with van der Waals surface area (Å²) in [6.07, 6.45) is 0. The van der Waals surface area contributed by atoms with Gasteiger partial charge in [-0.3, -0.25) is 0 Å². The number of benzene rings is 2. The van der Waals surface area contributed by atoms with Crippen molar-refractivity contribution >= 4 is 0 Å². The minimum atomic E-state index is -0.0863. The molecular weight excluding hydrogens is 211 g/mol. The van der Waals surface area contributed by atoms with E-state index < -0.39 is 0 Å². The van der Waals surface area contributed by atoms with Gasteiger partial charge in [0.25, 0.3) is 0 Å². The molecule has 0 aromatic heterocycles. The average molecular weight is 228 g/mol. The van der Waals surface area contributed by atoms with Crippen LogP contribution in [0.4, 0.5) is 4.39 Å². The first-order valence-corrected chi connectivity index (χ1v) is 5.95. The lowest BCUT2D eigenvalue weighted by atomic mass is 9.94. The van der Waals surface area contributed by atoms with Gasteiger partial charge >= 0.3 is 0 Å². The van der Waals surface area contributed by atoms with E-state index in [0.717, 1.165) is 16.7 Å². The highest BCUT2D eigenvalue weighted by Crippen LogP contribution is 2.30. The van der Waals surface area contributed by atoms with Crippen molar-refractivity contribution in [2.24, 2.45) is 0 Å². The maximum Gasteiger partial charge on any atom is 0.134 e. The molecule has 0 saturated heterocycles. The van der Waals surface area contributed by atoms with Crippen molar-refractivity contribution in [1.29, 1.82) is 0 Å². The third-order valence-corrected chi connectivity index (χ3v) is 3.09. The Labute approximate surface area is 102 Å². The van der Waals surface area contributed by atoms with Crippen LogP contribution < -0.4 is 0 Å². The predicted molar refractivity (Wildman–Crippen MR) is 70.7 cm³/mol. The summed E-state index contributed by atoms with van der Waals surface area (Å²) in [6, 6.07) is 13.5. The van der Waals surface area contributed by atoms with Crippen LogP contribution in [0.25, 0.3) is 11.1 Å². The standard InChI is InChI=1S/C16H17F/c1-11(2)13-9-6-10-15(16(13)17)14-8-5-4-7-12(14)3/h4-11H,1-3H3. The summed E-state index contributed by atoms with van der Waals surface area (Å²) in [4.78, 5) is 0. The lowest BCUT2D eigenvalue weighted by Gasteiger charge is -2.12. The number of aryl methyl sites for hydroxylation is 1. The molecule has 0 radical (unpaired) electrons. The summed E-state index contributed by atoms with van der Waals surface area (Å²) in [7, 11) is 0. The molecule has 0 nitrogen and oxygen atoms in total. The van der Waals surface area contributed by atoms with Crippen LogP contribution in [-0.4, -0.2) is 0 Å². The van der Waals surface area contributed by atoms with Crippen molar-refractivity contribution in [2.75, 3.05) is 0 Å². The van der Waals surface area contributed by atoms with Gasteiger partial charge in [0.05, 0.1) is 0 Å². The number of hydrogen-bond acceptors (Lipinski definition) is 0. The smallest absolute Gasteiger partial charge is 0.134 e. The maximum absolute atomic E-state index is 14.4. The number of hydrogen-bond donors (Lipinski definition) is 0. The molecular formula is C16H17F. The molecule has 0 spiro atoms. The Balaban J connectivity index is 2.61.